The van der Waals surface area contributed by atoms with E-state index in [4.69, 9.17) is 0 Å². The Morgan fingerprint density at radius 1 is 1.43 bits per heavy atom. The van der Waals surface area contributed by atoms with Gasteiger partial charge in [-0.25, -0.2) is 17.8 Å². The summed E-state index contributed by atoms with van der Waals surface area (Å²) in [6.07, 6.45) is 4.97. The molecule has 2 heterocycles. The van der Waals surface area contributed by atoms with Gasteiger partial charge in [-0.05, 0) is 31.9 Å². The molecule has 0 radical (unpaired) electrons. The Hall–Kier alpha value is -1.80. The van der Waals surface area contributed by atoms with Crippen molar-refractivity contribution in [3.63, 3.8) is 0 Å². The average Bonchev–Trinajstić information content (AvgIpc) is 3.26. The van der Waals surface area contributed by atoms with Gasteiger partial charge in [0.15, 0.2) is 0 Å². The molecule has 0 spiro atoms. The number of nitrogens with one attached hydrogen (secondary N) is 1. The van der Waals surface area contributed by atoms with Crippen molar-refractivity contribution in [2.45, 2.75) is 37.6 Å². The van der Waals surface area contributed by atoms with Gasteiger partial charge in [-0.3, -0.25) is 4.98 Å². The third-order valence-corrected chi connectivity index (χ3v) is 5.38. The second-order valence-corrected chi connectivity index (χ2v) is 7.23. The summed E-state index contributed by atoms with van der Waals surface area (Å²) in [5.74, 6) is 0. The van der Waals surface area contributed by atoms with E-state index in [1.54, 1.807) is 17.1 Å². The third-order valence-electron chi connectivity index (χ3n) is 3.49. The predicted molar refractivity (Wildman–Crippen MR) is 76.9 cm³/mol. The topological polar surface area (TPSA) is 89.8 Å². The van der Waals surface area contributed by atoms with Crippen molar-refractivity contribution >= 4 is 10.0 Å². The molecule has 7 nitrogen and oxygen atoms in total. The lowest BCUT2D eigenvalue weighted by Crippen LogP contribution is -2.26. The van der Waals surface area contributed by atoms with E-state index in [1.807, 2.05) is 25.1 Å². The zero-order valence-corrected chi connectivity index (χ0v) is 12.5. The molecule has 3 rings (SSSR count). The standard InChI is InChI=1S/C13H17N5O2S/c1-10(13-4-2-3-7-14-13)18-9-11(16-17-18)8-15-21(19,20)12-5-6-12/h2-4,7,9-10,12,15H,5-6,8H2,1H3/t10-/m1/s1. The molecule has 2 aromatic heterocycles. The SMILES string of the molecule is C[C@H](c1ccccn1)n1cc(CNS(=O)(=O)C2CC2)nn1. The van der Waals surface area contributed by atoms with E-state index in [-0.39, 0.29) is 17.8 Å². The first kappa shape index (κ1) is 14.2. The van der Waals surface area contributed by atoms with Crippen molar-refractivity contribution < 1.29 is 8.42 Å². The van der Waals surface area contributed by atoms with Gasteiger partial charge in [0.1, 0.15) is 0 Å². The Labute approximate surface area is 123 Å². The van der Waals surface area contributed by atoms with E-state index in [1.165, 1.54) is 0 Å². The largest absolute Gasteiger partial charge is 0.259 e. The molecule has 21 heavy (non-hydrogen) atoms. The van der Waals surface area contributed by atoms with Gasteiger partial charge in [0.25, 0.3) is 0 Å². The lowest BCUT2D eigenvalue weighted by Gasteiger charge is -2.09. The van der Waals surface area contributed by atoms with Gasteiger partial charge in [-0.15, -0.1) is 5.10 Å². The van der Waals surface area contributed by atoms with Gasteiger partial charge in [0, 0.05) is 6.20 Å². The quantitative estimate of drug-likeness (QED) is 0.855. The maximum absolute atomic E-state index is 11.8. The monoisotopic (exact) mass is 307 g/mol. The number of rotatable bonds is 6. The molecule has 1 aliphatic carbocycles. The van der Waals surface area contributed by atoms with Crippen LogP contribution in [0.25, 0.3) is 0 Å². The van der Waals surface area contributed by atoms with Gasteiger partial charge in [0.2, 0.25) is 10.0 Å². The van der Waals surface area contributed by atoms with Gasteiger partial charge in [-0.1, -0.05) is 11.3 Å². The van der Waals surface area contributed by atoms with E-state index in [0.717, 1.165) is 18.5 Å². The number of pyridine rings is 1. The molecule has 1 saturated carbocycles. The predicted octanol–water partition coefficient (Wildman–Crippen LogP) is 0.864. The van der Waals surface area contributed by atoms with Crippen molar-refractivity contribution in [1.82, 2.24) is 24.7 Å². The molecule has 8 heteroatoms. The highest BCUT2D eigenvalue weighted by atomic mass is 32.2. The van der Waals surface area contributed by atoms with Gasteiger partial charge in [0.05, 0.1) is 35.4 Å². The highest BCUT2D eigenvalue weighted by Crippen LogP contribution is 2.27. The van der Waals surface area contributed by atoms with Crippen LogP contribution >= 0.6 is 0 Å². The van der Waals surface area contributed by atoms with E-state index in [2.05, 4.69) is 20.0 Å². The van der Waals surface area contributed by atoms with Crippen LogP contribution in [0.3, 0.4) is 0 Å². The zero-order chi connectivity index (χ0) is 14.9. The van der Waals surface area contributed by atoms with Crippen molar-refractivity contribution in [3.8, 4) is 0 Å². The molecule has 0 aliphatic heterocycles. The molecule has 0 bridgehead atoms. The first-order valence-electron chi connectivity index (χ1n) is 6.86. The summed E-state index contributed by atoms with van der Waals surface area (Å²) in [7, 11) is -3.19. The smallest absolute Gasteiger partial charge is 0.214 e. The Morgan fingerprint density at radius 3 is 2.90 bits per heavy atom. The molecule has 0 amide bonds. The molecule has 1 aliphatic rings. The summed E-state index contributed by atoms with van der Waals surface area (Å²) in [5.41, 5.74) is 1.48. The fourth-order valence-electron chi connectivity index (χ4n) is 2.01. The summed E-state index contributed by atoms with van der Waals surface area (Å²) < 4.78 is 27.8. The van der Waals surface area contributed by atoms with Crippen LogP contribution in [0.4, 0.5) is 0 Å². The average molecular weight is 307 g/mol. The van der Waals surface area contributed by atoms with Crippen molar-refractivity contribution in [3.05, 3.63) is 42.0 Å². The van der Waals surface area contributed by atoms with Crippen LogP contribution in [0.2, 0.25) is 0 Å². The summed E-state index contributed by atoms with van der Waals surface area (Å²) in [5, 5.41) is 7.83. The zero-order valence-electron chi connectivity index (χ0n) is 11.7. The number of aromatic nitrogens is 4. The van der Waals surface area contributed by atoms with Crippen LogP contribution in [-0.2, 0) is 16.6 Å². The molecular formula is C13H17N5O2S. The normalized spacial score (nSPS) is 16.8. The number of nitrogens with zero attached hydrogens (tertiary/aromatic N) is 4. The van der Waals surface area contributed by atoms with Crippen LogP contribution in [-0.4, -0.2) is 33.6 Å². The number of sulfonamides is 1. The highest BCUT2D eigenvalue weighted by Gasteiger charge is 2.35. The lowest BCUT2D eigenvalue weighted by atomic mass is 10.2. The van der Waals surface area contributed by atoms with Gasteiger partial charge >= 0.3 is 0 Å². The van der Waals surface area contributed by atoms with Crippen LogP contribution in [0.1, 0.15) is 37.2 Å². The number of hydrogen-bond donors (Lipinski definition) is 1. The second-order valence-electron chi connectivity index (χ2n) is 5.19. The van der Waals surface area contributed by atoms with E-state index in [0.29, 0.717) is 5.69 Å². The van der Waals surface area contributed by atoms with E-state index < -0.39 is 10.0 Å². The Balaban J connectivity index is 1.66. The molecular weight excluding hydrogens is 290 g/mol. The molecule has 0 aromatic carbocycles. The maximum Gasteiger partial charge on any atom is 0.214 e. The second kappa shape index (κ2) is 5.53. The van der Waals surface area contributed by atoms with Gasteiger partial charge < -0.3 is 0 Å². The van der Waals surface area contributed by atoms with Crippen LogP contribution in [0.15, 0.2) is 30.6 Å². The molecule has 1 fully saturated rings. The van der Waals surface area contributed by atoms with Crippen molar-refractivity contribution in [2.24, 2.45) is 0 Å². The highest BCUT2D eigenvalue weighted by molar-refractivity contribution is 7.90. The van der Waals surface area contributed by atoms with Crippen molar-refractivity contribution in [2.75, 3.05) is 0 Å². The molecule has 0 saturated heterocycles. The van der Waals surface area contributed by atoms with Crippen molar-refractivity contribution in [1.29, 1.82) is 0 Å². The first-order chi connectivity index (χ1) is 10.1. The molecule has 112 valence electrons. The van der Waals surface area contributed by atoms with Crippen LogP contribution in [0.5, 0.6) is 0 Å². The van der Waals surface area contributed by atoms with E-state index in [9.17, 15) is 8.42 Å². The van der Waals surface area contributed by atoms with Gasteiger partial charge in [-0.2, -0.15) is 0 Å². The minimum absolute atomic E-state index is 0.0486. The van der Waals surface area contributed by atoms with E-state index >= 15 is 0 Å². The maximum atomic E-state index is 11.8. The summed E-state index contributed by atoms with van der Waals surface area (Å²) in [6.45, 7) is 2.14. The summed E-state index contributed by atoms with van der Waals surface area (Å²) in [6, 6.07) is 5.64. The van der Waals surface area contributed by atoms with Crippen LogP contribution in [0, 0.1) is 0 Å². The summed E-state index contributed by atoms with van der Waals surface area (Å²) in [4.78, 5) is 4.28. The summed E-state index contributed by atoms with van der Waals surface area (Å²) >= 11 is 0. The molecule has 2 aromatic rings. The fraction of sp³-hybridized carbons (Fsp3) is 0.462. The molecule has 1 N–H and O–H groups in total. The Bertz CT molecular complexity index is 709. The minimum Gasteiger partial charge on any atom is -0.259 e. The molecule has 1 atom stereocenters. The first-order valence-corrected chi connectivity index (χ1v) is 8.41. The Morgan fingerprint density at radius 2 is 2.24 bits per heavy atom. The molecule has 0 unspecified atom stereocenters. The van der Waals surface area contributed by atoms with Crippen LogP contribution < -0.4 is 4.72 Å². The Kier molecular flexibility index (Phi) is 3.73. The third kappa shape index (κ3) is 3.27. The number of hydrogen-bond acceptors (Lipinski definition) is 5. The lowest BCUT2D eigenvalue weighted by molar-refractivity contribution is 0.531. The minimum atomic E-state index is -3.19. The fourth-order valence-corrected chi connectivity index (χ4v) is 3.35.